The first-order valence-electron chi connectivity index (χ1n) is 7.72. The Labute approximate surface area is 138 Å². The third-order valence-corrected chi connectivity index (χ3v) is 3.45. The van der Waals surface area contributed by atoms with E-state index >= 15 is 0 Å². The molecule has 0 bridgehead atoms. The number of hydrogen-bond acceptors (Lipinski definition) is 3. The Kier molecular flexibility index (Phi) is 5.97. The first kappa shape index (κ1) is 16.8. The first-order chi connectivity index (χ1) is 11.1. The number of aryl methyl sites for hydroxylation is 1. The van der Waals surface area contributed by atoms with Crippen LogP contribution in [0.25, 0.3) is 0 Å². The van der Waals surface area contributed by atoms with Crippen molar-refractivity contribution in [1.29, 1.82) is 0 Å². The zero-order valence-electron chi connectivity index (χ0n) is 14.3. The number of hydrogen-bond donors (Lipinski definition) is 2. The Morgan fingerprint density at radius 1 is 1.09 bits per heavy atom. The minimum Gasteiger partial charge on any atom is -0.363 e. The van der Waals surface area contributed by atoms with Crippen molar-refractivity contribution in [1.82, 2.24) is 15.6 Å². The van der Waals surface area contributed by atoms with Crippen LogP contribution in [-0.2, 0) is 13.1 Å². The summed E-state index contributed by atoms with van der Waals surface area (Å²) in [6, 6.07) is 14.5. The Morgan fingerprint density at radius 2 is 1.83 bits per heavy atom. The van der Waals surface area contributed by atoms with E-state index < -0.39 is 0 Å². The molecule has 0 aliphatic carbocycles. The maximum absolute atomic E-state index is 4.59. The number of anilines is 1. The topological polar surface area (TPSA) is 52.6 Å². The van der Waals surface area contributed by atoms with Gasteiger partial charge in [0.25, 0.3) is 0 Å². The van der Waals surface area contributed by atoms with E-state index in [0.29, 0.717) is 6.54 Å². The van der Waals surface area contributed by atoms with Gasteiger partial charge in [-0.25, -0.2) is 4.98 Å². The van der Waals surface area contributed by atoms with Gasteiger partial charge in [0.2, 0.25) is 0 Å². The molecule has 2 rings (SSSR count). The molecule has 0 saturated carbocycles. The largest absolute Gasteiger partial charge is 0.363 e. The normalized spacial score (nSPS) is 11.2. The fourth-order valence-electron chi connectivity index (χ4n) is 2.22. The van der Waals surface area contributed by atoms with Gasteiger partial charge in [-0.2, -0.15) is 0 Å². The Bertz CT molecular complexity index is 664. The van der Waals surface area contributed by atoms with Gasteiger partial charge in [0, 0.05) is 27.7 Å². The summed E-state index contributed by atoms with van der Waals surface area (Å²) in [5.74, 6) is 1.72. The van der Waals surface area contributed by atoms with Crippen molar-refractivity contribution in [2.75, 3.05) is 26.0 Å². The Hall–Kier alpha value is -2.56. The number of nitrogens with one attached hydrogen (secondary N) is 2. The molecule has 0 aliphatic heterocycles. The summed E-state index contributed by atoms with van der Waals surface area (Å²) in [6.45, 7) is 3.47. The summed E-state index contributed by atoms with van der Waals surface area (Å²) in [4.78, 5) is 10.8. The van der Waals surface area contributed by atoms with E-state index in [1.807, 2.05) is 37.2 Å². The number of nitrogens with zero attached hydrogens (tertiary/aromatic N) is 3. The summed E-state index contributed by atoms with van der Waals surface area (Å²) in [7, 11) is 5.75. The summed E-state index contributed by atoms with van der Waals surface area (Å²) < 4.78 is 0. The van der Waals surface area contributed by atoms with Crippen LogP contribution in [-0.4, -0.2) is 32.1 Å². The van der Waals surface area contributed by atoms with E-state index in [2.05, 4.69) is 51.8 Å². The van der Waals surface area contributed by atoms with Gasteiger partial charge >= 0.3 is 0 Å². The predicted molar refractivity (Wildman–Crippen MR) is 96.8 cm³/mol. The highest BCUT2D eigenvalue weighted by Gasteiger charge is 2.02. The second-order valence-electron chi connectivity index (χ2n) is 5.65. The summed E-state index contributed by atoms with van der Waals surface area (Å²) in [5, 5.41) is 6.62. The molecule has 5 nitrogen and oxygen atoms in total. The fraction of sp³-hybridized carbons (Fsp3) is 0.333. The number of rotatable bonds is 5. The molecule has 0 radical (unpaired) electrons. The monoisotopic (exact) mass is 311 g/mol. The molecule has 0 saturated heterocycles. The molecular weight excluding hydrogens is 286 g/mol. The summed E-state index contributed by atoms with van der Waals surface area (Å²) >= 11 is 0. The average Bonchev–Trinajstić information content (AvgIpc) is 2.55. The molecule has 0 fully saturated rings. The van der Waals surface area contributed by atoms with E-state index in [1.54, 1.807) is 7.05 Å². The lowest BCUT2D eigenvalue weighted by Gasteiger charge is -2.14. The molecule has 0 unspecified atom stereocenters. The molecule has 0 spiro atoms. The number of aromatic nitrogens is 1. The second-order valence-corrected chi connectivity index (χ2v) is 5.65. The SMILES string of the molecule is CN=C(NCc1cccc(C)c1)NCc1cccc(N(C)C)n1. The van der Waals surface area contributed by atoms with Crippen LogP contribution in [0, 0.1) is 6.92 Å². The molecule has 2 aromatic rings. The van der Waals surface area contributed by atoms with E-state index in [0.717, 1.165) is 24.0 Å². The Morgan fingerprint density at radius 3 is 2.52 bits per heavy atom. The van der Waals surface area contributed by atoms with Gasteiger partial charge in [-0.05, 0) is 24.6 Å². The zero-order valence-corrected chi connectivity index (χ0v) is 14.3. The molecule has 2 N–H and O–H groups in total. The molecule has 1 aromatic carbocycles. The third-order valence-electron chi connectivity index (χ3n) is 3.45. The van der Waals surface area contributed by atoms with Crippen molar-refractivity contribution in [2.45, 2.75) is 20.0 Å². The van der Waals surface area contributed by atoms with Crippen molar-refractivity contribution in [3.05, 3.63) is 59.3 Å². The second kappa shape index (κ2) is 8.17. The van der Waals surface area contributed by atoms with Gasteiger partial charge in [0.1, 0.15) is 5.82 Å². The highest BCUT2D eigenvalue weighted by atomic mass is 15.2. The van der Waals surface area contributed by atoms with E-state index in [4.69, 9.17) is 0 Å². The quantitative estimate of drug-likeness (QED) is 0.657. The number of guanidine groups is 1. The molecule has 122 valence electrons. The summed E-state index contributed by atoms with van der Waals surface area (Å²) in [6.07, 6.45) is 0. The van der Waals surface area contributed by atoms with Crippen molar-refractivity contribution in [2.24, 2.45) is 4.99 Å². The maximum atomic E-state index is 4.59. The van der Waals surface area contributed by atoms with E-state index in [9.17, 15) is 0 Å². The lowest BCUT2D eigenvalue weighted by atomic mass is 10.1. The van der Waals surface area contributed by atoms with Crippen LogP contribution in [0.15, 0.2) is 47.5 Å². The minimum absolute atomic E-state index is 0.634. The van der Waals surface area contributed by atoms with Crippen LogP contribution in [0.4, 0.5) is 5.82 Å². The zero-order chi connectivity index (χ0) is 16.7. The van der Waals surface area contributed by atoms with Crippen molar-refractivity contribution < 1.29 is 0 Å². The highest BCUT2D eigenvalue weighted by Crippen LogP contribution is 2.07. The molecule has 23 heavy (non-hydrogen) atoms. The van der Waals surface area contributed by atoms with Crippen LogP contribution >= 0.6 is 0 Å². The van der Waals surface area contributed by atoms with Crippen molar-refractivity contribution in [3.63, 3.8) is 0 Å². The molecule has 0 atom stereocenters. The van der Waals surface area contributed by atoms with Crippen LogP contribution in [0.2, 0.25) is 0 Å². The van der Waals surface area contributed by atoms with Gasteiger partial charge < -0.3 is 15.5 Å². The molecule has 5 heteroatoms. The number of pyridine rings is 1. The molecule has 1 heterocycles. The average molecular weight is 311 g/mol. The number of aliphatic imine (C=N–C) groups is 1. The van der Waals surface area contributed by atoms with Gasteiger partial charge in [-0.1, -0.05) is 35.9 Å². The number of benzene rings is 1. The molecule has 1 aromatic heterocycles. The standard InChI is InChI=1S/C18H25N5/c1-14-7-5-8-15(11-14)12-20-18(19-2)21-13-16-9-6-10-17(22-16)23(3)4/h5-11H,12-13H2,1-4H3,(H2,19,20,21). The molecular formula is C18H25N5. The van der Waals surface area contributed by atoms with Crippen LogP contribution < -0.4 is 15.5 Å². The van der Waals surface area contributed by atoms with Crippen molar-refractivity contribution >= 4 is 11.8 Å². The first-order valence-corrected chi connectivity index (χ1v) is 7.72. The van der Waals surface area contributed by atoms with Gasteiger partial charge in [-0.3, -0.25) is 4.99 Å². The minimum atomic E-state index is 0.634. The lowest BCUT2D eigenvalue weighted by molar-refractivity contribution is 0.792. The smallest absolute Gasteiger partial charge is 0.191 e. The van der Waals surface area contributed by atoms with Crippen LogP contribution in [0.3, 0.4) is 0 Å². The summed E-state index contributed by atoms with van der Waals surface area (Å²) in [5.41, 5.74) is 3.48. The van der Waals surface area contributed by atoms with Gasteiger partial charge in [-0.15, -0.1) is 0 Å². The highest BCUT2D eigenvalue weighted by molar-refractivity contribution is 5.79. The predicted octanol–water partition coefficient (Wildman–Crippen LogP) is 2.32. The lowest BCUT2D eigenvalue weighted by Crippen LogP contribution is -2.36. The van der Waals surface area contributed by atoms with Crippen LogP contribution in [0.5, 0.6) is 0 Å². The third kappa shape index (κ3) is 5.29. The molecule has 0 amide bonds. The van der Waals surface area contributed by atoms with Gasteiger partial charge in [0.05, 0.1) is 12.2 Å². The Balaban J connectivity index is 1.89. The van der Waals surface area contributed by atoms with E-state index in [-0.39, 0.29) is 0 Å². The molecule has 0 aliphatic rings. The van der Waals surface area contributed by atoms with Gasteiger partial charge in [0.15, 0.2) is 5.96 Å². The van der Waals surface area contributed by atoms with Crippen LogP contribution in [0.1, 0.15) is 16.8 Å². The van der Waals surface area contributed by atoms with E-state index in [1.165, 1.54) is 11.1 Å². The van der Waals surface area contributed by atoms with Crippen molar-refractivity contribution in [3.8, 4) is 0 Å². The maximum Gasteiger partial charge on any atom is 0.191 e. The fourth-order valence-corrected chi connectivity index (χ4v) is 2.22.